The predicted octanol–water partition coefficient (Wildman–Crippen LogP) is 1.09. The van der Waals surface area contributed by atoms with Crippen molar-refractivity contribution >= 4 is 12.1 Å². The Hall–Kier alpha value is -1.42. The fraction of sp³-hybridized carbons (Fsp3) is 0.882. The Balaban J connectivity index is 1.75. The van der Waals surface area contributed by atoms with E-state index in [-0.39, 0.29) is 6.61 Å². The summed E-state index contributed by atoms with van der Waals surface area (Å²) in [5.41, 5.74) is -0.658. The number of carbonyl (C=O) groups is 2. The largest absolute Gasteiger partial charge is 0.458 e. The topological polar surface area (TPSA) is 102 Å². The van der Waals surface area contributed by atoms with Crippen LogP contribution in [0.15, 0.2) is 0 Å². The lowest BCUT2D eigenvalue weighted by molar-refractivity contribution is -0.239. The summed E-state index contributed by atoms with van der Waals surface area (Å²) in [6.07, 6.45) is -3.40. The van der Waals surface area contributed by atoms with Gasteiger partial charge >= 0.3 is 12.1 Å². The number of alkyl carbamates (subject to hydrolysis) is 1. The van der Waals surface area contributed by atoms with E-state index in [1.165, 1.54) is 6.92 Å². The van der Waals surface area contributed by atoms with E-state index >= 15 is 0 Å². The molecule has 1 amide bonds. The Morgan fingerprint density at radius 1 is 1.12 bits per heavy atom. The Kier molecular flexibility index (Phi) is 4.93. The molecule has 0 radical (unpaired) electrons. The number of amides is 1. The monoisotopic (exact) mass is 373 g/mol. The van der Waals surface area contributed by atoms with Gasteiger partial charge in [0.2, 0.25) is 0 Å². The summed E-state index contributed by atoms with van der Waals surface area (Å²) < 4.78 is 34.0. The van der Waals surface area contributed by atoms with Crippen LogP contribution in [0, 0.1) is 0 Å². The summed E-state index contributed by atoms with van der Waals surface area (Å²) in [6, 6.07) is -0.645. The summed E-state index contributed by atoms with van der Waals surface area (Å²) in [4.78, 5) is 23.7. The molecule has 0 aliphatic carbocycles. The van der Waals surface area contributed by atoms with Crippen molar-refractivity contribution in [2.75, 3.05) is 6.61 Å². The molecule has 9 nitrogen and oxygen atoms in total. The molecule has 3 aliphatic rings. The van der Waals surface area contributed by atoms with E-state index in [1.807, 2.05) is 0 Å². The molecule has 3 saturated heterocycles. The zero-order chi connectivity index (χ0) is 19.3. The Morgan fingerprint density at radius 2 is 1.81 bits per heavy atom. The zero-order valence-corrected chi connectivity index (χ0v) is 15.9. The minimum absolute atomic E-state index is 0.109. The maximum absolute atomic E-state index is 12.3. The quantitative estimate of drug-likeness (QED) is 0.718. The lowest BCUT2D eigenvalue weighted by atomic mass is 9.96. The van der Waals surface area contributed by atoms with Crippen molar-refractivity contribution < 1.29 is 38.0 Å². The van der Waals surface area contributed by atoms with E-state index < -0.39 is 60.2 Å². The highest BCUT2D eigenvalue weighted by Gasteiger charge is 2.60. The van der Waals surface area contributed by atoms with Gasteiger partial charge < -0.3 is 33.7 Å². The average Bonchev–Trinajstić information content (AvgIpc) is 2.90. The highest BCUT2D eigenvalue weighted by molar-refractivity contribution is 5.69. The van der Waals surface area contributed by atoms with E-state index in [2.05, 4.69) is 5.32 Å². The van der Waals surface area contributed by atoms with Gasteiger partial charge in [-0.3, -0.25) is 4.79 Å². The molecular weight excluding hydrogens is 346 g/mol. The summed E-state index contributed by atoms with van der Waals surface area (Å²) in [7, 11) is 0. The second kappa shape index (κ2) is 6.63. The third-order valence-corrected chi connectivity index (χ3v) is 4.24. The predicted molar refractivity (Wildman–Crippen MR) is 87.1 cm³/mol. The van der Waals surface area contributed by atoms with Crippen LogP contribution >= 0.6 is 0 Å². The normalized spacial score (nSPS) is 38.2. The first-order chi connectivity index (χ1) is 12.0. The minimum atomic E-state index is -0.773. The zero-order valence-electron chi connectivity index (χ0n) is 15.9. The van der Waals surface area contributed by atoms with E-state index in [4.69, 9.17) is 28.4 Å². The van der Waals surface area contributed by atoms with Gasteiger partial charge in [0.1, 0.15) is 36.1 Å². The molecule has 3 fully saturated rings. The molecule has 1 N–H and O–H groups in total. The molecule has 9 heteroatoms. The molecule has 26 heavy (non-hydrogen) atoms. The van der Waals surface area contributed by atoms with Crippen molar-refractivity contribution in [2.24, 2.45) is 0 Å². The van der Waals surface area contributed by atoms with Gasteiger partial charge in [-0.05, 0) is 34.6 Å². The van der Waals surface area contributed by atoms with Gasteiger partial charge in [0.25, 0.3) is 0 Å². The van der Waals surface area contributed by atoms with Crippen molar-refractivity contribution in [2.45, 2.75) is 89.7 Å². The molecule has 0 bridgehead atoms. The molecule has 0 unspecified atom stereocenters. The first-order valence-corrected chi connectivity index (χ1v) is 8.75. The number of nitrogens with one attached hydrogen (secondary N) is 1. The molecule has 6 atom stereocenters. The lowest BCUT2D eigenvalue weighted by Gasteiger charge is -2.40. The minimum Gasteiger partial charge on any atom is -0.458 e. The van der Waals surface area contributed by atoms with Crippen molar-refractivity contribution in [3.05, 3.63) is 0 Å². The standard InChI is InChI=1S/C17H27NO8/c1-8(19)22-9-7-21-12-11(10(9)18-15(20)26-16(2,3)4)23-14-13(12)24-17(5,6)25-14/h9-14H,7H2,1-6H3,(H,18,20)/t9-,10-,11-,12-,13-,14-/m1/s1. The smallest absolute Gasteiger partial charge is 0.408 e. The third kappa shape index (κ3) is 4.11. The molecule has 3 aliphatic heterocycles. The number of fused-ring (bicyclic) bond motifs is 3. The fourth-order valence-corrected chi connectivity index (χ4v) is 3.44. The van der Waals surface area contributed by atoms with E-state index in [0.29, 0.717) is 0 Å². The maximum atomic E-state index is 12.3. The number of esters is 1. The van der Waals surface area contributed by atoms with Crippen molar-refractivity contribution in [1.82, 2.24) is 5.32 Å². The van der Waals surface area contributed by atoms with Crippen molar-refractivity contribution in [3.8, 4) is 0 Å². The highest BCUT2D eigenvalue weighted by Crippen LogP contribution is 2.41. The first kappa shape index (κ1) is 19.3. The fourth-order valence-electron chi connectivity index (χ4n) is 3.44. The van der Waals surface area contributed by atoms with Gasteiger partial charge in [0.15, 0.2) is 12.1 Å². The maximum Gasteiger partial charge on any atom is 0.408 e. The van der Waals surface area contributed by atoms with Crippen LogP contribution in [0.5, 0.6) is 0 Å². The van der Waals surface area contributed by atoms with Crippen molar-refractivity contribution in [3.63, 3.8) is 0 Å². The van der Waals surface area contributed by atoms with Crippen LogP contribution in [0.3, 0.4) is 0 Å². The van der Waals surface area contributed by atoms with E-state index in [1.54, 1.807) is 34.6 Å². The first-order valence-electron chi connectivity index (χ1n) is 8.75. The number of hydrogen-bond donors (Lipinski definition) is 1. The Morgan fingerprint density at radius 3 is 2.42 bits per heavy atom. The van der Waals surface area contributed by atoms with Crippen LogP contribution in [-0.2, 0) is 33.2 Å². The molecule has 3 rings (SSSR count). The number of carbonyl (C=O) groups excluding carboxylic acids is 2. The molecule has 0 spiro atoms. The molecule has 0 aromatic heterocycles. The van der Waals surface area contributed by atoms with Crippen LogP contribution in [0.2, 0.25) is 0 Å². The van der Waals surface area contributed by atoms with Crippen LogP contribution in [0.4, 0.5) is 4.79 Å². The molecule has 148 valence electrons. The van der Waals surface area contributed by atoms with Crippen LogP contribution in [-0.4, -0.2) is 66.8 Å². The summed E-state index contributed by atoms with van der Waals surface area (Å²) in [5, 5.41) is 2.76. The van der Waals surface area contributed by atoms with Gasteiger partial charge in [-0.1, -0.05) is 0 Å². The van der Waals surface area contributed by atoms with Gasteiger partial charge in [0, 0.05) is 6.92 Å². The van der Waals surface area contributed by atoms with E-state index in [9.17, 15) is 9.59 Å². The van der Waals surface area contributed by atoms with E-state index in [0.717, 1.165) is 0 Å². The highest BCUT2D eigenvalue weighted by atomic mass is 16.8. The number of hydrogen-bond acceptors (Lipinski definition) is 8. The van der Waals surface area contributed by atoms with Crippen LogP contribution in [0.25, 0.3) is 0 Å². The van der Waals surface area contributed by atoms with Crippen LogP contribution in [0.1, 0.15) is 41.5 Å². The molecular formula is C17H27NO8. The molecule has 0 saturated carbocycles. The molecule has 0 aromatic carbocycles. The summed E-state index contributed by atoms with van der Waals surface area (Å²) in [6.45, 7) is 10.3. The molecule has 3 heterocycles. The second-order valence-electron chi connectivity index (χ2n) is 8.19. The van der Waals surface area contributed by atoms with Gasteiger partial charge in [-0.2, -0.15) is 0 Å². The number of rotatable bonds is 2. The lowest BCUT2D eigenvalue weighted by Crippen LogP contribution is -2.62. The van der Waals surface area contributed by atoms with Gasteiger partial charge in [-0.15, -0.1) is 0 Å². The van der Waals surface area contributed by atoms with Gasteiger partial charge in [0.05, 0.1) is 6.61 Å². The van der Waals surface area contributed by atoms with Crippen LogP contribution < -0.4 is 5.32 Å². The average molecular weight is 373 g/mol. The third-order valence-electron chi connectivity index (χ3n) is 4.24. The second-order valence-corrected chi connectivity index (χ2v) is 8.19. The van der Waals surface area contributed by atoms with Gasteiger partial charge in [-0.25, -0.2) is 4.79 Å². The number of ether oxygens (including phenoxy) is 6. The molecule has 0 aromatic rings. The van der Waals surface area contributed by atoms with Crippen molar-refractivity contribution in [1.29, 1.82) is 0 Å². The Bertz CT molecular complexity index is 572. The SMILES string of the molecule is CC(=O)O[C@@H]1CO[C@@H]2[C@H](O[C@@H]3OC(C)(C)O[C@@H]32)[C@@H]1NC(=O)OC(C)(C)C. The summed E-state index contributed by atoms with van der Waals surface area (Å²) in [5.74, 6) is -1.25. The summed E-state index contributed by atoms with van der Waals surface area (Å²) >= 11 is 0. The Labute approximate surface area is 152 Å².